The van der Waals surface area contributed by atoms with E-state index in [0.29, 0.717) is 18.5 Å². The molecule has 0 aliphatic rings. The normalized spacial score (nSPS) is 12.0. The minimum atomic E-state index is -4.47. The van der Waals surface area contributed by atoms with Crippen molar-refractivity contribution < 1.29 is 23.1 Å². The number of aryl methyl sites for hydroxylation is 1. The number of alkyl halides is 3. The lowest BCUT2D eigenvalue weighted by molar-refractivity contribution is -0.137. The van der Waals surface area contributed by atoms with Gasteiger partial charge in [-0.05, 0) is 18.6 Å². The summed E-state index contributed by atoms with van der Waals surface area (Å²) in [7, 11) is 0. The summed E-state index contributed by atoms with van der Waals surface area (Å²) in [5.41, 5.74) is -0.624. The van der Waals surface area contributed by atoms with E-state index in [-0.39, 0.29) is 11.3 Å². The second-order valence-electron chi connectivity index (χ2n) is 4.10. The van der Waals surface area contributed by atoms with Crippen LogP contribution in [0.4, 0.5) is 13.2 Å². The number of rotatable bonds is 3. The molecule has 1 N–H and O–H groups in total. The van der Waals surface area contributed by atoms with Crippen LogP contribution in [0.3, 0.4) is 0 Å². The van der Waals surface area contributed by atoms with Crippen LogP contribution >= 0.6 is 0 Å². The van der Waals surface area contributed by atoms with Gasteiger partial charge in [-0.1, -0.05) is 13.3 Å². The predicted octanol–water partition coefficient (Wildman–Crippen LogP) is 3.00. The van der Waals surface area contributed by atoms with Gasteiger partial charge in [0.05, 0.1) is 11.3 Å². The van der Waals surface area contributed by atoms with E-state index in [1.54, 1.807) is 0 Å². The Balaban J connectivity index is 2.66. The number of carboxylic acids is 1. The van der Waals surface area contributed by atoms with Crippen LogP contribution in [0.5, 0.6) is 0 Å². The van der Waals surface area contributed by atoms with E-state index in [1.807, 2.05) is 6.92 Å². The minimum absolute atomic E-state index is 0.00400. The number of halogens is 3. The zero-order valence-electron chi connectivity index (χ0n) is 10.0. The third-order valence-electron chi connectivity index (χ3n) is 2.72. The molecule has 0 amide bonds. The van der Waals surface area contributed by atoms with E-state index in [4.69, 9.17) is 5.11 Å². The first-order chi connectivity index (χ1) is 8.84. The van der Waals surface area contributed by atoms with Gasteiger partial charge in [-0.3, -0.25) is 4.40 Å². The third kappa shape index (κ3) is 2.40. The highest BCUT2D eigenvalue weighted by molar-refractivity contribution is 5.88. The van der Waals surface area contributed by atoms with Crippen molar-refractivity contribution in [3.8, 4) is 0 Å². The second kappa shape index (κ2) is 4.56. The number of hydrogen-bond donors (Lipinski definition) is 1. The largest absolute Gasteiger partial charge is 0.477 e. The van der Waals surface area contributed by atoms with Crippen molar-refractivity contribution in [2.24, 2.45) is 0 Å². The minimum Gasteiger partial charge on any atom is -0.477 e. The average molecular weight is 272 g/mol. The molecule has 7 heteroatoms. The molecule has 19 heavy (non-hydrogen) atoms. The molecule has 0 spiro atoms. The lowest BCUT2D eigenvalue weighted by Gasteiger charge is -2.06. The summed E-state index contributed by atoms with van der Waals surface area (Å²) in [5.74, 6) is -1.20. The fraction of sp³-hybridized carbons (Fsp3) is 0.333. The Morgan fingerprint density at radius 2 is 2.16 bits per heavy atom. The number of aromatic nitrogens is 2. The summed E-state index contributed by atoms with van der Waals surface area (Å²) in [4.78, 5) is 15.2. The maximum absolute atomic E-state index is 12.6. The first kappa shape index (κ1) is 13.4. The van der Waals surface area contributed by atoms with Crippen LogP contribution in [-0.4, -0.2) is 20.5 Å². The second-order valence-corrected chi connectivity index (χ2v) is 4.10. The molecule has 2 aromatic rings. The standard InChI is InChI=1S/C12H11F3N2O2/c1-2-3-8-10(11(18)19)17-5-4-7(12(13,14)15)6-9(17)16-8/h4-6H,2-3H2,1H3,(H,18,19). The van der Waals surface area contributed by atoms with E-state index >= 15 is 0 Å². The zero-order chi connectivity index (χ0) is 14.2. The van der Waals surface area contributed by atoms with Gasteiger partial charge in [-0.2, -0.15) is 13.2 Å². The maximum Gasteiger partial charge on any atom is 0.416 e. The van der Waals surface area contributed by atoms with Gasteiger partial charge < -0.3 is 5.11 Å². The van der Waals surface area contributed by atoms with Gasteiger partial charge in [0.1, 0.15) is 5.65 Å². The van der Waals surface area contributed by atoms with E-state index in [0.717, 1.165) is 18.3 Å². The van der Waals surface area contributed by atoms with Gasteiger partial charge >= 0.3 is 12.1 Å². The number of carboxylic acid groups (broad SMARTS) is 1. The topological polar surface area (TPSA) is 54.6 Å². The number of carbonyl (C=O) groups is 1. The molecule has 0 aliphatic heterocycles. The fourth-order valence-corrected chi connectivity index (χ4v) is 1.91. The molecule has 0 saturated heterocycles. The fourth-order valence-electron chi connectivity index (χ4n) is 1.91. The van der Waals surface area contributed by atoms with Crippen molar-refractivity contribution in [2.45, 2.75) is 25.9 Å². The Labute approximate surface area is 106 Å². The summed E-state index contributed by atoms with van der Waals surface area (Å²) in [6, 6.07) is 1.70. The lowest BCUT2D eigenvalue weighted by Crippen LogP contribution is -2.08. The van der Waals surface area contributed by atoms with Crippen LogP contribution < -0.4 is 0 Å². The van der Waals surface area contributed by atoms with Crippen LogP contribution in [0.2, 0.25) is 0 Å². The third-order valence-corrected chi connectivity index (χ3v) is 2.72. The lowest BCUT2D eigenvalue weighted by atomic mass is 10.2. The predicted molar refractivity (Wildman–Crippen MR) is 61.1 cm³/mol. The van der Waals surface area contributed by atoms with Gasteiger partial charge in [0.25, 0.3) is 0 Å². The summed E-state index contributed by atoms with van der Waals surface area (Å²) >= 11 is 0. The average Bonchev–Trinajstić information content (AvgIpc) is 2.65. The smallest absolute Gasteiger partial charge is 0.416 e. The van der Waals surface area contributed by atoms with Gasteiger partial charge in [0, 0.05) is 6.20 Å². The van der Waals surface area contributed by atoms with Crippen LogP contribution in [0.1, 0.15) is 35.1 Å². The highest BCUT2D eigenvalue weighted by Gasteiger charge is 2.31. The van der Waals surface area contributed by atoms with Crippen molar-refractivity contribution in [2.75, 3.05) is 0 Å². The van der Waals surface area contributed by atoms with Gasteiger partial charge in [0.15, 0.2) is 5.69 Å². The van der Waals surface area contributed by atoms with E-state index in [1.165, 1.54) is 4.40 Å². The summed E-state index contributed by atoms with van der Waals surface area (Å²) in [6.45, 7) is 1.84. The Morgan fingerprint density at radius 1 is 1.47 bits per heavy atom. The quantitative estimate of drug-likeness (QED) is 0.934. The van der Waals surface area contributed by atoms with Crippen molar-refractivity contribution >= 4 is 11.6 Å². The number of fused-ring (bicyclic) bond motifs is 1. The van der Waals surface area contributed by atoms with Crippen LogP contribution in [-0.2, 0) is 12.6 Å². The van der Waals surface area contributed by atoms with Gasteiger partial charge in [0.2, 0.25) is 0 Å². The maximum atomic E-state index is 12.6. The van der Waals surface area contributed by atoms with Crippen molar-refractivity contribution in [1.29, 1.82) is 0 Å². The zero-order valence-corrected chi connectivity index (χ0v) is 10.0. The van der Waals surface area contributed by atoms with Crippen LogP contribution in [0, 0.1) is 0 Å². The Hall–Kier alpha value is -2.05. The number of hydrogen-bond acceptors (Lipinski definition) is 2. The highest BCUT2D eigenvalue weighted by atomic mass is 19.4. The van der Waals surface area contributed by atoms with E-state index in [2.05, 4.69) is 4.98 Å². The molecule has 0 atom stereocenters. The number of aromatic carboxylic acids is 1. The summed E-state index contributed by atoms with van der Waals surface area (Å²) in [6.07, 6.45) is -2.31. The monoisotopic (exact) mass is 272 g/mol. The molecule has 2 heterocycles. The summed E-state index contributed by atoms with van der Waals surface area (Å²) in [5, 5.41) is 9.13. The van der Waals surface area contributed by atoms with Crippen LogP contribution in [0.15, 0.2) is 18.3 Å². The SMILES string of the molecule is CCCc1nc2cc(C(F)(F)F)ccn2c1C(=O)O. The van der Waals surface area contributed by atoms with Crippen molar-refractivity contribution in [3.63, 3.8) is 0 Å². The Bertz CT molecular complexity index is 632. The number of imidazole rings is 1. The molecule has 0 bridgehead atoms. The molecular formula is C12H11F3N2O2. The molecule has 0 unspecified atom stereocenters. The summed E-state index contributed by atoms with van der Waals surface area (Å²) < 4.78 is 38.9. The molecule has 0 fully saturated rings. The van der Waals surface area contributed by atoms with Crippen LogP contribution in [0.25, 0.3) is 5.65 Å². The molecule has 102 valence electrons. The first-order valence-electron chi connectivity index (χ1n) is 5.66. The first-order valence-corrected chi connectivity index (χ1v) is 5.66. The van der Waals surface area contributed by atoms with Crippen molar-refractivity contribution in [1.82, 2.24) is 9.38 Å². The Morgan fingerprint density at radius 3 is 2.68 bits per heavy atom. The van der Waals surface area contributed by atoms with E-state index < -0.39 is 17.7 Å². The highest BCUT2D eigenvalue weighted by Crippen LogP contribution is 2.30. The molecule has 0 radical (unpaired) electrons. The molecule has 2 aromatic heterocycles. The van der Waals surface area contributed by atoms with Gasteiger partial charge in [-0.15, -0.1) is 0 Å². The molecule has 4 nitrogen and oxygen atoms in total. The Kier molecular flexibility index (Phi) is 3.21. The molecule has 0 aliphatic carbocycles. The number of nitrogens with zero attached hydrogens (tertiary/aromatic N) is 2. The van der Waals surface area contributed by atoms with E-state index in [9.17, 15) is 18.0 Å². The number of pyridine rings is 1. The molecule has 0 saturated carbocycles. The van der Waals surface area contributed by atoms with Gasteiger partial charge in [-0.25, -0.2) is 9.78 Å². The van der Waals surface area contributed by atoms with Crippen molar-refractivity contribution in [3.05, 3.63) is 35.3 Å². The molecule has 0 aromatic carbocycles. The molecular weight excluding hydrogens is 261 g/mol. The molecule has 2 rings (SSSR count).